The van der Waals surface area contributed by atoms with E-state index in [1.807, 2.05) is 19.9 Å². The number of anilines is 1. The number of hydrogen-bond acceptors (Lipinski definition) is 8. The summed E-state index contributed by atoms with van der Waals surface area (Å²) in [6.45, 7) is 4.47. The largest absolute Gasteiger partial charge is 0.475 e. The summed E-state index contributed by atoms with van der Waals surface area (Å²) in [6, 6.07) is 0.731. The van der Waals surface area contributed by atoms with Gasteiger partial charge in [-0.2, -0.15) is 5.26 Å². The summed E-state index contributed by atoms with van der Waals surface area (Å²) < 4.78 is 0. The Kier molecular flexibility index (Phi) is 7.46. The monoisotopic (exact) mass is 428 g/mol. The van der Waals surface area contributed by atoms with Gasteiger partial charge in [-0.05, 0) is 31.1 Å². The first kappa shape index (κ1) is 23.0. The summed E-state index contributed by atoms with van der Waals surface area (Å²) in [5.74, 6) is -0.561. The smallest absolute Gasteiger partial charge is 0.426 e. The first-order valence-electron chi connectivity index (χ1n) is 10.7. The molecular formula is C20H29BN6O4. The maximum Gasteiger partial charge on any atom is 0.475 e. The van der Waals surface area contributed by atoms with Crippen LogP contribution in [0, 0.1) is 23.2 Å². The lowest BCUT2D eigenvalue weighted by Gasteiger charge is -2.40. The van der Waals surface area contributed by atoms with E-state index < -0.39 is 31.1 Å². The van der Waals surface area contributed by atoms with Crippen molar-refractivity contribution in [2.45, 2.75) is 64.0 Å². The zero-order valence-corrected chi connectivity index (χ0v) is 17.9. The molecule has 1 saturated heterocycles. The van der Waals surface area contributed by atoms with Crippen molar-refractivity contribution in [2.24, 2.45) is 11.8 Å². The molecule has 0 radical (unpaired) electrons. The zero-order valence-electron chi connectivity index (χ0n) is 17.9. The van der Waals surface area contributed by atoms with Crippen molar-refractivity contribution in [2.75, 3.05) is 11.4 Å². The van der Waals surface area contributed by atoms with Crippen LogP contribution in [0.4, 0.5) is 5.95 Å². The molecule has 1 aromatic rings. The molecule has 3 rings (SSSR count). The Morgan fingerprint density at radius 1 is 1.26 bits per heavy atom. The number of carbonyl (C=O) groups is 2. The standard InChI is InChI=1S/C20H29BN6O4/c1-12(2)7-17(21(30)31)26-18(28)15(8-13-3-4-13)25-19(29)16-5-6-27(16)20-23-10-14(9-22)11-24-20/h10-13,15-17,30-31H,3-8H2,1-2H3,(H,25,29)(H,26,28)/t15-,16-,17+/m0/s1. The van der Waals surface area contributed by atoms with Crippen molar-refractivity contribution in [3.63, 3.8) is 0 Å². The van der Waals surface area contributed by atoms with Crippen molar-refractivity contribution in [3.8, 4) is 6.07 Å². The molecule has 2 fully saturated rings. The molecule has 0 bridgehead atoms. The molecule has 1 saturated carbocycles. The lowest BCUT2D eigenvalue weighted by molar-refractivity contribution is -0.130. The second-order valence-corrected chi connectivity index (χ2v) is 8.78. The Hall–Kier alpha value is -2.71. The second-order valence-electron chi connectivity index (χ2n) is 8.78. The quantitative estimate of drug-likeness (QED) is 0.373. The van der Waals surface area contributed by atoms with E-state index in [1.54, 1.807) is 4.90 Å². The van der Waals surface area contributed by atoms with Crippen LogP contribution in [0.2, 0.25) is 0 Å². The maximum atomic E-state index is 12.9. The SMILES string of the molecule is CC(C)C[C@@H](NC(=O)[C@H](CC1CC1)NC(=O)[C@@H]1CCN1c1ncc(C#N)cn1)B(O)O. The van der Waals surface area contributed by atoms with Crippen molar-refractivity contribution < 1.29 is 19.6 Å². The third kappa shape index (κ3) is 6.15. The highest BCUT2D eigenvalue weighted by Crippen LogP contribution is 2.34. The van der Waals surface area contributed by atoms with Gasteiger partial charge in [0.25, 0.3) is 0 Å². The number of hydrogen-bond donors (Lipinski definition) is 4. The number of aromatic nitrogens is 2. The van der Waals surface area contributed by atoms with Gasteiger partial charge in [0.15, 0.2) is 0 Å². The first-order valence-corrected chi connectivity index (χ1v) is 10.7. The molecule has 0 spiro atoms. The van der Waals surface area contributed by atoms with E-state index in [0.29, 0.717) is 43.2 Å². The molecule has 4 N–H and O–H groups in total. The van der Waals surface area contributed by atoms with Crippen LogP contribution in [-0.4, -0.2) is 63.5 Å². The number of nitriles is 1. The van der Waals surface area contributed by atoms with E-state index in [2.05, 4.69) is 20.6 Å². The summed E-state index contributed by atoms with van der Waals surface area (Å²) in [5, 5.41) is 33.6. The fourth-order valence-electron chi connectivity index (χ4n) is 3.66. The minimum atomic E-state index is -1.67. The minimum Gasteiger partial charge on any atom is -0.426 e. The number of nitrogens with zero attached hydrogens (tertiary/aromatic N) is 4. The molecule has 10 nitrogen and oxygen atoms in total. The van der Waals surface area contributed by atoms with Gasteiger partial charge in [0.2, 0.25) is 17.8 Å². The highest BCUT2D eigenvalue weighted by atomic mass is 16.4. The summed E-state index contributed by atoms with van der Waals surface area (Å²) in [6.07, 6.45) is 6.41. The zero-order chi connectivity index (χ0) is 22.5. The van der Waals surface area contributed by atoms with Crippen molar-refractivity contribution in [3.05, 3.63) is 18.0 Å². The van der Waals surface area contributed by atoms with Crippen LogP contribution >= 0.6 is 0 Å². The highest BCUT2D eigenvalue weighted by molar-refractivity contribution is 6.43. The van der Waals surface area contributed by atoms with Crippen LogP contribution in [0.15, 0.2) is 12.4 Å². The van der Waals surface area contributed by atoms with Crippen LogP contribution in [-0.2, 0) is 9.59 Å². The second kappa shape index (κ2) is 10.1. The van der Waals surface area contributed by atoms with Gasteiger partial charge in [-0.25, -0.2) is 9.97 Å². The number of rotatable bonds is 10. The van der Waals surface area contributed by atoms with E-state index in [9.17, 15) is 19.6 Å². The van der Waals surface area contributed by atoms with Gasteiger partial charge in [0.05, 0.1) is 23.9 Å². The predicted octanol–water partition coefficient (Wildman–Crippen LogP) is -0.245. The fourth-order valence-corrected chi connectivity index (χ4v) is 3.66. The number of amides is 2. The summed E-state index contributed by atoms with van der Waals surface area (Å²) in [4.78, 5) is 35.8. The van der Waals surface area contributed by atoms with E-state index in [1.165, 1.54) is 12.4 Å². The molecule has 3 atom stereocenters. The van der Waals surface area contributed by atoms with Gasteiger partial charge in [0.1, 0.15) is 18.2 Å². The fraction of sp³-hybridized carbons (Fsp3) is 0.650. The topological polar surface area (TPSA) is 151 Å². The lowest BCUT2D eigenvalue weighted by Crippen LogP contribution is -2.61. The van der Waals surface area contributed by atoms with Gasteiger partial charge >= 0.3 is 7.12 Å². The van der Waals surface area contributed by atoms with Gasteiger partial charge in [0, 0.05) is 6.54 Å². The molecule has 166 valence electrons. The van der Waals surface area contributed by atoms with Crippen LogP contribution in [0.5, 0.6) is 0 Å². The van der Waals surface area contributed by atoms with Crippen LogP contribution < -0.4 is 15.5 Å². The molecule has 0 unspecified atom stereocenters. The van der Waals surface area contributed by atoms with E-state index in [-0.39, 0.29) is 11.8 Å². The molecule has 31 heavy (non-hydrogen) atoms. The molecule has 2 heterocycles. The van der Waals surface area contributed by atoms with Gasteiger partial charge in [-0.3, -0.25) is 9.59 Å². The molecule has 2 amide bonds. The summed E-state index contributed by atoms with van der Waals surface area (Å²) in [7, 11) is -1.67. The Morgan fingerprint density at radius 3 is 2.42 bits per heavy atom. The molecular weight excluding hydrogens is 399 g/mol. The lowest BCUT2D eigenvalue weighted by atomic mass is 9.75. The molecule has 1 aliphatic carbocycles. The van der Waals surface area contributed by atoms with Crippen LogP contribution in [0.3, 0.4) is 0 Å². The van der Waals surface area contributed by atoms with Crippen molar-refractivity contribution in [1.29, 1.82) is 5.26 Å². The van der Waals surface area contributed by atoms with Crippen molar-refractivity contribution >= 4 is 24.9 Å². The normalized spacial score (nSPS) is 19.7. The number of nitrogens with one attached hydrogen (secondary N) is 2. The Balaban J connectivity index is 1.63. The van der Waals surface area contributed by atoms with Crippen LogP contribution in [0.25, 0.3) is 0 Å². The average molecular weight is 428 g/mol. The summed E-state index contributed by atoms with van der Waals surface area (Å²) >= 11 is 0. The molecule has 2 aliphatic rings. The van der Waals surface area contributed by atoms with E-state index in [4.69, 9.17) is 5.26 Å². The van der Waals surface area contributed by atoms with E-state index >= 15 is 0 Å². The summed E-state index contributed by atoms with van der Waals surface area (Å²) in [5.41, 5.74) is 0.341. The highest BCUT2D eigenvalue weighted by Gasteiger charge is 2.39. The Morgan fingerprint density at radius 2 is 1.94 bits per heavy atom. The van der Waals surface area contributed by atoms with Crippen LogP contribution in [0.1, 0.15) is 51.5 Å². The first-order chi connectivity index (χ1) is 14.8. The molecule has 1 aliphatic heterocycles. The Bertz CT molecular complexity index is 824. The van der Waals surface area contributed by atoms with Gasteiger partial charge in [-0.15, -0.1) is 0 Å². The minimum absolute atomic E-state index is 0.166. The van der Waals surface area contributed by atoms with E-state index in [0.717, 1.165) is 12.8 Å². The predicted molar refractivity (Wildman–Crippen MR) is 113 cm³/mol. The third-order valence-corrected chi connectivity index (χ3v) is 5.66. The maximum absolute atomic E-state index is 12.9. The molecule has 1 aromatic heterocycles. The molecule has 0 aromatic carbocycles. The average Bonchev–Trinajstić information content (AvgIpc) is 3.50. The number of carbonyl (C=O) groups excluding carboxylic acids is 2. The Labute approximate surface area is 182 Å². The molecule has 11 heteroatoms. The third-order valence-electron chi connectivity index (χ3n) is 5.66. The van der Waals surface area contributed by atoms with Gasteiger partial charge < -0.3 is 25.6 Å². The van der Waals surface area contributed by atoms with Crippen molar-refractivity contribution in [1.82, 2.24) is 20.6 Å². The van der Waals surface area contributed by atoms with Gasteiger partial charge in [-0.1, -0.05) is 26.7 Å².